The van der Waals surface area contributed by atoms with Crippen LogP contribution in [0.25, 0.3) is 0 Å². The molecule has 4 nitrogen and oxygen atoms in total. The van der Waals surface area contributed by atoms with Crippen molar-refractivity contribution >= 4 is 4.99 Å². The number of benzene rings is 1. The molecule has 5 heteroatoms. The van der Waals surface area contributed by atoms with Crippen LogP contribution in [0.3, 0.4) is 0 Å². The van der Waals surface area contributed by atoms with E-state index in [4.69, 9.17) is 4.74 Å². The van der Waals surface area contributed by atoms with Gasteiger partial charge in [0, 0.05) is 0 Å². The van der Waals surface area contributed by atoms with Gasteiger partial charge in [0.25, 0.3) is 0 Å². The molecule has 0 heterocycles. The van der Waals surface area contributed by atoms with Crippen molar-refractivity contribution in [3.8, 4) is 5.75 Å². The molecule has 0 saturated heterocycles. The molecule has 0 atom stereocenters. The third-order valence-corrected chi connectivity index (χ3v) is 1.96. The Kier molecular flexibility index (Phi) is 4.61. The summed E-state index contributed by atoms with van der Waals surface area (Å²) >= 11 is 4.37. The van der Waals surface area contributed by atoms with Gasteiger partial charge in [-0.15, -0.1) is 0 Å². The summed E-state index contributed by atoms with van der Waals surface area (Å²) in [6.07, 6.45) is 1.10. The molecular weight excluding hydrogens is 253 g/mol. The van der Waals surface area contributed by atoms with E-state index in [0.29, 0.717) is 5.75 Å². The van der Waals surface area contributed by atoms with Crippen LogP contribution < -0.4 is 4.74 Å². The second-order valence-corrected chi connectivity index (χ2v) is 3.00. The van der Waals surface area contributed by atoms with Gasteiger partial charge in [0.15, 0.2) is 0 Å². The van der Waals surface area contributed by atoms with Gasteiger partial charge in [0.1, 0.15) is 0 Å². The maximum atomic E-state index is 10.7. The first-order chi connectivity index (χ1) is 7.69. The van der Waals surface area contributed by atoms with Gasteiger partial charge in [-0.3, -0.25) is 0 Å². The Balaban J connectivity index is 3.04. The van der Waals surface area contributed by atoms with Crippen molar-refractivity contribution in [1.82, 2.24) is 0 Å². The Morgan fingerprint density at radius 1 is 1.44 bits per heavy atom. The number of nitro groups is 1. The van der Waals surface area contributed by atoms with Crippen LogP contribution in [0.15, 0.2) is 54.4 Å². The molecule has 0 amide bonds. The van der Waals surface area contributed by atoms with Crippen molar-refractivity contribution < 1.29 is 24.7 Å². The predicted octanol–water partition coefficient (Wildman–Crippen LogP) is 2.09. The molecule has 86 valence electrons. The summed E-state index contributed by atoms with van der Waals surface area (Å²) in [5.74, 6) is 0.512. The van der Waals surface area contributed by atoms with Crippen molar-refractivity contribution in [2.45, 2.75) is 0 Å². The SMILES string of the molecule is C=C/C(=C(\[CH]=[Ni])Oc1ccccc1)[N+](=O)[O-]. The zero-order chi connectivity index (χ0) is 12.0. The van der Waals surface area contributed by atoms with Crippen molar-refractivity contribution in [3.05, 3.63) is 64.6 Å². The number of ether oxygens (including phenoxy) is 1. The fraction of sp³-hybridized carbons (Fsp3) is 0. The van der Waals surface area contributed by atoms with Crippen molar-refractivity contribution in [2.75, 3.05) is 0 Å². The molecule has 0 aromatic heterocycles. The van der Waals surface area contributed by atoms with Crippen LogP contribution in [-0.2, 0) is 15.0 Å². The molecule has 0 spiro atoms. The molecule has 0 N–H and O–H groups in total. The number of hydrogen-bond donors (Lipinski definition) is 0. The molecule has 0 aliphatic carbocycles. The summed E-state index contributed by atoms with van der Waals surface area (Å²) in [5, 5.41) is 10.7. The van der Waals surface area contributed by atoms with Gasteiger partial charge in [-0.1, -0.05) is 0 Å². The van der Waals surface area contributed by atoms with E-state index >= 15 is 0 Å². The van der Waals surface area contributed by atoms with Gasteiger partial charge in [-0.05, 0) is 0 Å². The molecule has 1 aromatic carbocycles. The molecule has 1 rings (SSSR count). The standard InChI is InChI=1S/C11H9NO3.Ni/c1-3-11(12(13)14)9(2)15-10-7-5-4-6-8-10;/h2-8H,1H2;/b11-9-;. The van der Waals surface area contributed by atoms with Crippen LogP contribution >= 0.6 is 0 Å². The third-order valence-electron chi connectivity index (χ3n) is 1.70. The van der Waals surface area contributed by atoms with E-state index in [1.807, 2.05) is 6.07 Å². The summed E-state index contributed by atoms with van der Waals surface area (Å²) in [7, 11) is 0. The average molecular weight is 262 g/mol. The van der Waals surface area contributed by atoms with E-state index < -0.39 is 4.92 Å². The number of nitrogens with zero attached hydrogens (tertiary/aromatic N) is 1. The number of para-hydroxylation sites is 1. The van der Waals surface area contributed by atoms with E-state index in [2.05, 4.69) is 21.6 Å². The number of rotatable bonds is 5. The summed E-state index contributed by atoms with van der Waals surface area (Å²) in [6, 6.07) is 8.71. The quantitative estimate of drug-likeness (QED) is 0.268. The van der Waals surface area contributed by atoms with E-state index in [0.717, 1.165) is 11.1 Å². The summed E-state index contributed by atoms with van der Waals surface area (Å²) in [5.41, 5.74) is -0.241. The first-order valence-corrected chi connectivity index (χ1v) is 4.90. The Bertz CT molecular complexity index is 440. The predicted molar refractivity (Wildman–Crippen MR) is 57.4 cm³/mol. The van der Waals surface area contributed by atoms with Gasteiger partial charge in [-0.2, -0.15) is 0 Å². The van der Waals surface area contributed by atoms with Gasteiger partial charge in [0.05, 0.1) is 0 Å². The minimum absolute atomic E-state index is 0.0196. The zero-order valence-electron chi connectivity index (χ0n) is 8.24. The van der Waals surface area contributed by atoms with Gasteiger partial charge >= 0.3 is 100.0 Å². The maximum absolute atomic E-state index is 10.7. The fourth-order valence-electron chi connectivity index (χ4n) is 0.998. The Morgan fingerprint density at radius 3 is 2.50 bits per heavy atom. The van der Waals surface area contributed by atoms with Gasteiger partial charge in [-0.25, -0.2) is 0 Å². The van der Waals surface area contributed by atoms with Gasteiger partial charge in [0.2, 0.25) is 0 Å². The minimum atomic E-state index is -0.583. The molecule has 1 aromatic rings. The first kappa shape index (κ1) is 12.3. The summed E-state index contributed by atoms with van der Waals surface area (Å²) in [6.45, 7) is 3.35. The van der Waals surface area contributed by atoms with Crippen molar-refractivity contribution in [2.24, 2.45) is 0 Å². The molecule has 0 aliphatic heterocycles. The normalized spacial score (nSPS) is 11.4. The van der Waals surface area contributed by atoms with Crippen LogP contribution in [0.1, 0.15) is 0 Å². The molecule has 0 fully saturated rings. The summed E-state index contributed by atoms with van der Waals surface area (Å²) < 4.78 is 5.30. The third kappa shape index (κ3) is 3.14. The van der Waals surface area contributed by atoms with E-state index in [1.165, 1.54) is 0 Å². The van der Waals surface area contributed by atoms with Crippen LogP contribution in [0.2, 0.25) is 0 Å². The van der Waals surface area contributed by atoms with Crippen molar-refractivity contribution in [3.63, 3.8) is 0 Å². The Labute approximate surface area is 100 Å². The van der Waals surface area contributed by atoms with Crippen LogP contribution in [-0.4, -0.2) is 9.92 Å². The average Bonchev–Trinajstić information content (AvgIpc) is 2.29. The van der Waals surface area contributed by atoms with Crippen molar-refractivity contribution in [1.29, 1.82) is 0 Å². The number of allylic oxidation sites excluding steroid dienone is 2. The molecule has 16 heavy (non-hydrogen) atoms. The first-order valence-electron chi connectivity index (χ1n) is 4.33. The van der Waals surface area contributed by atoms with E-state index in [-0.39, 0.29) is 11.5 Å². The Morgan fingerprint density at radius 2 is 2.06 bits per heavy atom. The number of hydrogen-bond acceptors (Lipinski definition) is 3. The van der Waals surface area contributed by atoms with Crippen LogP contribution in [0.5, 0.6) is 5.75 Å². The van der Waals surface area contributed by atoms with E-state index in [1.54, 1.807) is 24.3 Å². The second-order valence-electron chi connectivity index (χ2n) is 2.72. The summed E-state index contributed by atoms with van der Waals surface area (Å²) in [4.78, 5) is 11.2. The molecule has 0 saturated carbocycles. The molecule has 0 radical (unpaired) electrons. The molecule has 0 bridgehead atoms. The topological polar surface area (TPSA) is 52.4 Å². The monoisotopic (exact) mass is 261 g/mol. The molecular formula is C11H9NNiO3. The van der Waals surface area contributed by atoms with Crippen LogP contribution in [0, 0.1) is 10.1 Å². The fourth-order valence-corrected chi connectivity index (χ4v) is 1.20. The second kappa shape index (κ2) is 5.98. The molecule has 0 aliphatic rings. The molecule has 0 unspecified atom stereocenters. The zero-order valence-corrected chi connectivity index (χ0v) is 9.22. The Hall–Kier alpha value is -1.74. The van der Waals surface area contributed by atoms with Crippen LogP contribution in [0.4, 0.5) is 0 Å². The van der Waals surface area contributed by atoms with Gasteiger partial charge < -0.3 is 0 Å². The van der Waals surface area contributed by atoms with E-state index in [9.17, 15) is 10.1 Å².